The lowest BCUT2D eigenvalue weighted by Gasteiger charge is -2.14. The molecule has 0 saturated carbocycles. The Morgan fingerprint density at radius 1 is 0.966 bits per heavy atom. The van der Waals surface area contributed by atoms with Crippen LogP contribution in [-0.2, 0) is 9.53 Å². The van der Waals surface area contributed by atoms with Crippen LogP contribution in [0.4, 0.5) is 5.69 Å². The molecule has 0 bridgehead atoms. The zero-order chi connectivity index (χ0) is 20.6. The molecular formula is C22H20N2O4S. The number of nitrogens with one attached hydrogen (secondary N) is 1. The first-order valence-corrected chi connectivity index (χ1v) is 10.1. The smallest absolute Gasteiger partial charge is 0.341 e. The molecule has 0 saturated heterocycles. The van der Waals surface area contributed by atoms with Gasteiger partial charge in [0, 0.05) is 11.9 Å². The number of ether oxygens (including phenoxy) is 2. The van der Waals surface area contributed by atoms with Crippen molar-refractivity contribution in [3.05, 3.63) is 78.5 Å². The molecule has 0 aliphatic heterocycles. The van der Waals surface area contributed by atoms with Gasteiger partial charge >= 0.3 is 5.97 Å². The minimum Gasteiger partial charge on any atom is -0.457 e. The van der Waals surface area contributed by atoms with Gasteiger partial charge < -0.3 is 14.8 Å². The van der Waals surface area contributed by atoms with E-state index in [4.69, 9.17) is 9.47 Å². The van der Waals surface area contributed by atoms with E-state index in [1.807, 2.05) is 36.6 Å². The highest BCUT2D eigenvalue weighted by Gasteiger charge is 2.21. The van der Waals surface area contributed by atoms with E-state index in [9.17, 15) is 9.59 Å². The number of amides is 1. The molecule has 0 unspecified atom stereocenters. The Kier molecular flexibility index (Phi) is 6.86. The molecule has 29 heavy (non-hydrogen) atoms. The molecule has 0 aliphatic rings. The van der Waals surface area contributed by atoms with E-state index >= 15 is 0 Å². The summed E-state index contributed by atoms with van der Waals surface area (Å²) >= 11 is 1.34. The van der Waals surface area contributed by atoms with Crippen molar-refractivity contribution in [1.82, 2.24) is 4.98 Å². The van der Waals surface area contributed by atoms with Crippen molar-refractivity contribution in [2.24, 2.45) is 0 Å². The number of rotatable bonds is 7. The Morgan fingerprint density at radius 3 is 2.34 bits per heavy atom. The van der Waals surface area contributed by atoms with Gasteiger partial charge in [0.1, 0.15) is 16.5 Å². The van der Waals surface area contributed by atoms with Crippen LogP contribution in [0.1, 0.15) is 17.3 Å². The molecule has 3 rings (SSSR count). The van der Waals surface area contributed by atoms with Gasteiger partial charge in [-0.05, 0) is 61.7 Å². The largest absolute Gasteiger partial charge is 0.457 e. The van der Waals surface area contributed by atoms with Gasteiger partial charge in [-0.25, -0.2) is 9.78 Å². The highest BCUT2D eigenvalue weighted by Crippen LogP contribution is 2.23. The SMILES string of the molecule is CSc1ncccc1C(=O)O[C@@H](C)C(=O)Nc1ccc(Oc2ccccc2)cc1. The molecule has 6 nitrogen and oxygen atoms in total. The van der Waals surface area contributed by atoms with E-state index in [2.05, 4.69) is 10.3 Å². The number of nitrogens with zero attached hydrogens (tertiary/aromatic N) is 1. The molecule has 2 aromatic carbocycles. The van der Waals surface area contributed by atoms with Crippen LogP contribution in [0.2, 0.25) is 0 Å². The van der Waals surface area contributed by atoms with E-state index in [0.717, 1.165) is 5.75 Å². The lowest BCUT2D eigenvalue weighted by molar-refractivity contribution is -0.123. The second kappa shape index (κ2) is 9.75. The van der Waals surface area contributed by atoms with E-state index in [-0.39, 0.29) is 0 Å². The monoisotopic (exact) mass is 408 g/mol. The Morgan fingerprint density at radius 2 is 1.66 bits per heavy atom. The number of benzene rings is 2. The summed E-state index contributed by atoms with van der Waals surface area (Å²) < 4.78 is 11.0. The van der Waals surface area contributed by atoms with Gasteiger partial charge in [-0.1, -0.05) is 18.2 Å². The van der Waals surface area contributed by atoms with Crippen molar-refractivity contribution >= 4 is 29.3 Å². The Bertz CT molecular complexity index is 978. The van der Waals surface area contributed by atoms with Gasteiger partial charge in [0.15, 0.2) is 6.10 Å². The summed E-state index contributed by atoms with van der Waals surface area (Å²) in [4.78, 5) is 28.8. The second-order valence-corrected chi connectivity index (χ2v) is 6.83. The average Bonchev–Trinajstić information content (AvgIpc) is 2.75. The molecule has 1 amide bonds. The van der Waals surface area contributed by atoms with Gasteiger partial charge in [0.05, 0.1) is 5.56 Å². The number of anilines is 1. The molecule has 0 radical (unpaired) electrons. The molecule has 1 N–H and O–H groups in total. The number of pyridine rings is 1. The minimum atomic E-state index is -0.961. The van der Waals surface area contributed by atoms with Crippen LogP contribution in [0.5, 0.6) is 11.5 Å². The van der Waals surface area contributed by atoms with E-state index in [1.165, 1.54) is 18.7 Å². The fourth-order valence-electron chi connectivity index (χ4n) is 2.46. The third kappa shape index (κ3) is 5.58. The number of esters is 1. The summed E-state index contributed by atoms with van der Waals surface area (Å²) in [7, 11) is 0. The van der Waals surface area contributed by atoms with Crippen LogP contribution in [0.15, 0.2) is 78.0 Å². The quantitative estimate of drug-likeness (QED) is 0.448. The molecule has 0 spiro atoms. The summed E-state index contributed by atoms with van der Waals surface area (Å²) in [6.07, 6.45) is 2.46. The second-order valence-electron chi connectivity index (χ2n) is 6.04. The van der Waals surface area contributed by atoms with E-state index in [0.29, 0.717) is 22.0 Å². The number of aromatic nitrogens is 1. The maximum atomic E-state index is 12.4. The summed E-state index contributed by atoms with van der Waals surface area (Å²) in [5, 5.41) is 3.28. The molecule has 0 aliphatic carbocycles. The summed E-state index contributed by atoms with van der Waals surface area (Å²) in [5.41, 5.74) is 0.909. The third-order valence-corrected chi connectivity index (χ3v) is 4.65. The third-order valence-electron chi connectivity index (χ3n) is 3.94. The van der Waals surface area contributed by atoms with Crippen molar-refractivity contribution < 1.29 is 19.1 Å². The topological polar surface area (TPSA) is 77.5 Å². The van der Waals surface area contributed by atoms with Crippen molar-refractivity contribution in [1.29, 1.82) is 0 Å². The van der Waals surface area contributed by atoms with Crippen LogP contribution in [0.25, 0.3) is 0 Å². The lowest BCUT2D eigenvalue weighted by Crippen LogP contribution is -2.30. The van der Waals surface area contributed by atoms with Gasteiger partial charge in [0.25, 0.3) is 5.91 Å². The molecule has 1 atom stereocenters. The summed E-state index contributed by atoms with van der Waals surface area (Å²) in [5.74, 6) is 0.362. The van der Waals surface area contributed by atoms with E-state index in [1.54, 1.807) is 42.6 Å². The van der Waals surface area contributed by atoms with Crippen LogP contribution < -0.4 is 10.1 Å². The maximum absolute atomic E-state index is 12.4. The number of thioether (sulfide) groups is 1. The Hall–Kier alpha value is -3.32. The molecule has 1 heterocycles. The van der Waals surface area contributed by atoms with Crippen molar-refractivity contribution in [3.63, 3.8) is 0 Å². The highest BCUT2D eigenvalue weighted by atomic mass is 32.2. The molecule has 148 valence electrons. The fourth-order valence-corrected chi connectivity index (χ4v) is 3.00. The molecule has 3 aromatic rings. The van der Waals surface area contributed by atoms with Crippen molar-refractivity contribution in [3.8, 4) is 11.5 Å². The van der Waals surface area contributed by atoms with Crippen LogP contribution in [0, 0.1) is 0 Å². The number of hydrogen-bond donors (Lipinski definition) is 1. The number of carbonyl (C=O) groups excluding carboxylic acids is 2. The molecule has 7 heteroatoms. The first-order valence-electron chi connectivity index (χ1n) is 8.90. The number of hydrogen-bond acceptors (Lipinski definition) is 6. The predicted octanol–water partition coefficient (Wildman–Crippen LogP) is 4.78. The van der Waals surface area contributed by atoms with Crippen LogP contribution in [-0.4, -0.2) is 29.2 Å². The van der Waals surface area contributed by atoms with Crippen molar-refractivity contribution in [2.75, 3.05) is 11.6 Å². The normalized spacial score (nSPS) is 11.4. The van der Waals surface area contributed by atoms with Crippen molar-refractivity contribution in [2.45, 2.75) is 18.1 Å². The van der Waals surface area contributed by atoms with Gasteiger partial charge in [-0.2, -0.15) is 0 Å². The van der Waals surface area contributed by atoms with Crippen LogP contribution in [0.3, 0.4) is 0 Å². The average molecular weight is 408 g/mol. The highest BCUT2D eigenvalue weighted by molar-refractivity contribution is 7.98. The van der Waals surface area contributed by atoms with Gasteiger partial charge in [-0.3, -0.25) is 4.79 Å². The number of carbonyl (C=O) groups is 2. The Balaban J connectivity index is 1.57. The molecule has 0 fully saturated rings. The lowest BCUT2D eigenvalue weighted by atomic mass is 10.2. The Labute approximate surface area is 173 Å². The number of para-hydroxylation sites is 1. The zero-order valence-electron chi connectivity index (χ0n) is 16.0. The molecule has 1 aromatic heterocycles. The first-order chi connectivity index (χ1) is 14.1. The molecular weight excluding hydrogens is 388 g/mol. The maximum Gasteiger partial charge on any atom is 0.341 e. The fraction of sp³-hybridized carbons (Fsp3) is 0.136. The summed E-state index contributed by atoms with van der Waals surface area (Å²) in [6, 6.07) is 19.6. The summed E-state index contributed by atoms with van der Waals surface area (Å²) in [6.45, 7) is 1.52. The minimum absolute atomic E-state index is 0.335. The van der Waals surface area contributed by atoms with Gasteiger partial charge in [-0.15, -0.1) is 11.8 Å². The first kappa shape index (κ1) is 20.4. The van der Waals surface area contributed by atoms with Gasteiger partial charge in [0.2, 0.25) is 0 Å². The van der Waals surface area contributed by atoms with Crippen LogP contribution >= 0.6 is 11.8 Å². The standard InChI is InChI=1S/C22H20N2O4S/c1-15(27-22(26)19-9-6-14-23-21(19)29-2)20(25)24-16-10-12-18(13-11-16)28-17-7-4-3-5-8-17/h3-15H,1-2H3,(H,24,25)/t15-/m0/s1. The zero-order valence-corrected chi connectivity index (χ0v) is 16.8. The predicted molar refractivity (Wildman–Crippen MR) is 112 cm³/mol. The van der Waals surface area contributed by atoms with E-state index < -0.39 is 18.0 Å².